The Kier molecular flexibility index (Phi) is 4.36. The second-order valence-electron chi connectivity index (χ2n) is 5.62. The Morgan fingerprint density at radius 2 is 2.12 bits per heavy atom. The highest BCUT2D eigenvalue weighted by atomic mass is 35.5. The number of carbonyl (C=O) groups is 1. The second kappa shape index (κ2) is 6.46. The molecule has 0 aliphatic carbocycles. The summed E-state index contributed by atoms with van der Waals surface area (Å²) in [6, 6.07) is 11.0. The first kappa shape index (κ1) is 16.2. The molecule has 2 aromatic rings. The van der Waals surface area contributed by atoms with Crippen molar-refractivity contribution in [1.29, 1.82) is 5.26 Å². The maximum Gasteiger partial charge on any atom is 0.248 e. The Morgan fingerprint density at radius 3 is 2.75 bits per heavy atom. The lowest BCUT2D eigenvalue weighted by Gasteiger charge is -2.19. The first-order valence-electron chi connectivity index (χ1n) is 7.67. The second-order valence-corrected chi connectivity index (χ2v) is 6.06. The zero-order valence-corrected chi connectivity index (χ0v) is 13.9. The van der Waals surface area contributed by atoms with Crippen molar-refractivity contribution in [2.24, 2.45) is 5.41 Å². The number of amides is 1. The van der Waals surface area contributed by atoms with E-state index in [1.807, 2.05) is 19.1 Å². The summed E-state index contributed by atoms with van der Waals surface area (Å²) in [6.07, 6.45) is 2.61. The van der Waals surface area contributed by atoms with Gasteiger partial charge < -0.3 is 5.32 Å². The van der Waals surface area contributed by atoms with Crippen molar-refractivity contribution in [3.05, 3.63) is 41.6 Å². The molecule has 0 bridgehead atoms. The lowest BCUT2D eigenvalue weighted by Crippen LogP contribution is -2.33. The largest absolute Gasteiger partial charge is 0.324 e. The number of rotatable bonds is 4. The van der Waals surface area contributed by atoms with E-state index in [1.54, 1.807) is 29.3 Å². The molecule has 1 atom stereocenters. The van der Waals surface area contributed by atoms with Crippen LogP contribution >= 0.6 is 11.6 Å². The normalized spacial score (nSPS) is 20.0. The summed E-state index contributed by atoms with van der Waals surface area (Å²) in [5.41, 5.74) is -0.140. The number of carbonyl (C=O) groups excluding carboxylic acids is 1. The van der Waals surface area contributed by atoms with Crippen LogP contribution in [0.15, 0.2) is 36.5 Å². The minimum atomic E-state index is -0.936. The fourth-order valence-electron chi connectivity index (χ4n) is 2.72. The standard InChI is InChI=1S/C17H16ClN5O/c1-2-17(11-19)8-10-23(15(17)24)14-7-9-20-16(22-14)21-13-5-3-12(18)4-6-13/h3-7,9H,2,8,10H2,1H3,(H,20,21,22). The third-order valence-electron chi connectivity index (χ3n) is 4.25. The molecule has 122 valence electrons. The number of nitrogens with zero attached hydrogens (tertiary/aromatic N) is 4. The molecular weight excluding hydrogens is 326 g/mol. The fraction of sp³-hybridized carbons (Fsp3) is 0.294. The molecule has 1 aliphatic heterocycles. The zero-order chi connectivity index (χ0) is 17.2. The molecule has 3 rings (SSSR count). The quantitative estimate of drug-likeness (QED) is 0.919. The topological polar surface area (TPSA) is 81.9 Å². The Bertz CT molecular complexity index is 801. The van der Waals surface area contributed by atoms with E-state index in [-0.39, 0.29) is 5.91 Å². The molecule has 24 heavy (non-hydrogen) atoms. The summed E-state index contributed by atoms with van der Waals surface area (Å²) in [7, 11) is 0. The van der Waals surface area contributed by atoms with Crippen molar-refractivity contribution in [3.63, 3.8) is 0 Å². The average molecular weight is 342 g/mol. The first-order valence-corrected chi connectivity index (χ1v) is 8.04. The van der Waals surface area contributed by atoms with Crippen LogP contribution in [-0.2, 0) is 4.79 Å². The highest BCUT2D eigenvalue weighted by Crippen LogP contribution is 2.36. The Labute approximate surface area is 145 Å². The molecule has 1 aromatic heterocycles. The molecule has 1 unspecified atom stereocenters. The first-order chi connectivity index (χ1) is 11.6. The number of anilines is 3. The van der Waals surface area contributed by atoms with Crippen molar-refractivity contribution in [1.82, 2.24) is 9.97 Å². The minimum absolute atomic E-state index is 0.191. The van der Waals surface area contributed by atoms with Gasteiger partial charge in [0.05, 0.1) is 6.07 Å². The van der Waals surface area contributed by atoms with Crippen LogP contribution in [0, 0.1) is 16.7 Å². The molecule has 1 aromatic carbocycles. The summed E-state index contributed by atoms with van der Waals surface area (Å²) in [4.78, 5) is 22.7. The van der Waals surface area contributed by atoms with E-state index >= 15 is 0 Å². The highest BCUT2D eigenvalue weighted by Gasteiger charge is 2.46. The van der Waals surface area contributed by atoms with E-state index in [4.69, 9.17) is 11.6 Å². The van der Waals surface area contributed by atoms with Gasteiger partial charge in [-0.25, -0.2) is 4.98 Å². The molecule has 1 saturated heterocycles. The number of hydrogen-bond acceptors (Lipinski definition) is 5. The summed E-state index contributed by atoms with van der Waals surface area (Å²) in [6.45, 7) is 2.34. The van der Waals surface area contributed by atoms with Crippen LogP contribution in [0.5, 0.6) is 0 Å². The van der Waals surface area contributed by atoms with Crippen molar-refractivity contribution < 1.29 is 4.79 Å². The van der Waals surface area contributed by atoms with Crippen LogP contribution in [0.3, 0.4) is 0 Å². The number of nitriles is 1. The van der Waals surface area contributed by atoms with Gasteiger partial charge in [0.1, 0.15) is 11.2 Å². The van der Waals surface area contributed by atoms with Gasteiger partial charge in [-0.3, -0.25) is 9.69 Å². The number of nitrogens with one attached hydrogen (secondary N) is 1. The predicted octanol–water partition coefficient (Wildman–Crippen LogP) is 3.53. The van der Waals surface area contributed by atoms with Gasteiger partial charge in [0.25, 0.3) is 0 Å². The Balaban J connectivity index is 1.82. The molecule has 1 N–H and O–H groups in total. The molecule has 0 saturated carbocycles. The van der Waals surface area contributed by atoms with Crippen LogP contribution in [0.25, 0.3) is 0 Å². The third-order valence-corrected chi connectivity index (χ3v) is 4.50. The van der Waals surface area contributed by atoms with E-state index in [2.05, 4.69) is 21.4 Å². The van der Waals surface area contributed by atoms with Crippen LogP contribution in [0.2, 0.25) is 5.02 Å². The van der Waals surface area contributed by atoms with Crippen LogP contribution < -0.4 is 10.2 Å². The number of halogens is 1. The monoisotopic (exact) mass is 341 g/mol. The number of aromatic nitrogens is 2. The molecule has 7 heteroatoms. The maximum absolute atomic E-state index is 12.6. The van der Waals surface area contributed by atoms with Crippen molar-refractivity contribution in [2.45, 2.75) is 19.8 Å². The van der Waals surface area contributed by atoms with Crippen LogP contribution in [0.1, 0.15) is 19.8 Å². The average Bonchev–Trinajstić information content (AvgIpc) is 2.94. The van der Waals surface area contributed by atoms with Gasteiger partial charge in [-0.05, 0) is 43.2 Å². The maximum atomic E-state index is 12.6. The van der Waals surface area contributed by atoms with Crippen molar-refractivity contribution in [3.8, 4) is 6.07 Å². The van der Waals surface area contributed by atoms with E-state index in [0.717, 1.165) is 5.69 Å². The highest BCUT2D eigenvalue weighted by molar-refractivity contribution is 6.30. The van der Waals surface area contributed by atoms with Crippen LogP contribution in [-0.4, -0.2) is 22.4 Å². The molecule has 6 nitrogen and oxygen atoms in total. The minimum Gasteiger partial charge on any atom is -0.324 e. The summed E-state index contributed by atoms with van der Waals surface area (Å²) in [5.74, 6) is 0.689. The van der Waals surface area contributed by atoms with Gasteiger partial charge in [-0.1, -0.05) is 18.5 Å². The zero-order valence-electron chi connectivity index (χ0n) is 13.2. The summed E-state index contributed by atoms with van der Waals surface area (Å²) < 4.78 is 0. The van der Waals surface area contributed by atoms with Crippen molar-refractivity contribution >= 4 is 35.0 Å². The Morgan fingerprint density at radius 1 is 1.38 bits per heavy atom. The van der Waals surface area contributed by atoms with Gasteiger partial charge in [-0.15, -0.1) is 0 Å². The molecule has 2 heterocycles. The Hall–Kier alpha value is -2.65. The van der Waals surface area contributed by atoms with E-state index in [9.17, 15) is 10.1 Å². The van der Waals surface area contributed by atoms with Gasteiger partial charge in [0, 0.05) is 23.5 Å². The summed E-state index contributed by atoms with van der Waals surface area (Å²) in [5, 5.41) is 13.1. The molecule has 0 spiro atoms. The predicted molar refractivity (Wildman–Crippen MR) is 92.1 cm³/mol. The molecule has 1 amide bonds. The van der Waals surface area contributed by atoms with Crippen molar-refractivity contribution in [2.75, 3.05) is 16.8 Å². The van der Waals surface area contributed by atoms with E-state index < -0.39 is 5.41 Å². The van der Waals surface area contributed by atoms with Gasteiger partial charge in [0.2, 0.25) is 11.9 Å². The van der Waals surface area contributed by atoms with Crippen LogP contribution in [0.4, 0.5) is 17.5 Å². The molecular formula is C17H16ClN5O. The molecule has 1 aliphatic rings. The van der Waals surface area contributed by atoms with Gasteiger partial charge in [-0.2, -0.15) is 10.2 Å². The lowest BCUT2D eigenvalue weighted by atomic mass is 9.85. The van der Waals surface area contributed by atoms with Gasteiger partial charge >= 0.3 is 0 Å². The summed E-state index contributed by atoms with van der Waals surface area (Å²) >= 11 is 5.87. The van der Waals surface area contributed by atoms with E-state index in [0.29, 0.717) is 36.2 Å². The smallest absolute Gasteiger partial charge is 0.248 e. The lowest BCUT2D eigenvalue weighted by molar-refractivity contribution is -0.123. The number of hydrogen-bond donors (Lipinski definition) is 1. The number of benzene rings is 1. The third kappa shape index (κ3) is 2.91. The van der Waals surface area contributed by atoms with Gasteiger partial charge in [0.15, 0.2) is 0 Å². The van der Waals surface area contributed by atoms with E-state index in [1.165, 1.54) is 0 Å². The SMILES string of the molecule is CCC1(C#N)CCN(c2ccnc(Nc3ccc(Cl)cc3)n2)C1=O. The molecule has 1 fully saturated rings. The molecule has 0 radical (unpaired) electrons. The fourth-order valence-corrected chi connectivity index (χ4v) is 2.85.